The van der Waals surface area contributed by atoms with E-state index in [2.05, 4.69) is 25.1 Å². The SMILES string of the molecule is CCC(CSC)N(C)C1(CN)CCCCCC1. The van der Waals surface area contributed by atoms with Crippen molar-refractivity contribution in [2.24, 2.45) is 5.73 Å². The molecule has 0 bridgehead atoms. The van der Waals surface area contributed by atoms with Crippen molar-refractivity contribution in [3.05, 3.63) is 0 Å². The molecule has 1 saturated carbocycles. The van der Waals surface area contributed by atoms with E-state index in [-0.39, 0.29) is 5.54 Å². The molecule has 0 heterocycles. The maximum Gasteiger partial charge on any atom is 0.0331 e. The number of nitrogens with two attached hydrogens (primary N) is 1. The third kappa shape index (κ3) is 3.87. The van der Waals surface area contributed by atoms with E-state index in [4.69, 9.17) is 5.73 Å². The van der Waals surface area contributed by atoms with Crippen molar-refractivity contribution >= 4 is 11.8 Å². The van der Waals surface area contributed by atoms with Gasteiger partial charge in [-0.05, 0) is 32.6 Å². The number of hydrogen-bond donors (Lipinski definition) is 1. The molecule has 1 atom stereocenters. The molecule has 1 fully saturated rings. The van der Waals surface area contributed by atoms with Gasteiger partial charge in [0.05, 0.1) is 0 Å². The molecule has 1 aliphatic rings. The highest BCUT2D eigenvalue weighted by molar-refractivity contribution is 7.98. The Morgan fingerprint density at radius 2 is 1.82 bits per heavy atom. The molecule has 0 radical (unpaired) electrons. The predicted octanol–water partition coefficient (Wildman–Crippen LogP) is 3.11. The fourth-order valence-electron chi connectivity index (χ4n) is 3.17. The number of rotatable bonds is 6. The van der Waals surface area contributed by atoms with Gasteiger partial charge in [-0.15, -0.1) is 0 Å². The molecular weight excluding hydrogens is 228 g/mol. The average Bonchev–Trinajstić information content (AvgIpc) is 2.61. The van der Waals surface area contributed by atoms with Crippen LogP contribution in [0.1, 0.15) is 51.9 Å². The molecule has 0 aromatic heterocycles. The lowest BCUT2D eigenvalue weighted by atomic mass is 9.87. The van der Waals surface area contributed by atoms with Crippen LogP contribution in [-0.4, -0.2) is 42.1 Å². The second-order valence-corrected chi connectivity index (χ2v) is 6.38. The first-order valence-corrected chi connectivity index (χ1v) is 8.51. The second-order valence-electron chi connectivity index (χ2n) is 5.47. The second kappa shape index (κ2) is 7.65. The minimum atomic E-state index is 0.285. The zero-order valence-corrected chi connectivity index (χ0v) is 12.7. The van der Waals surface area contributed by atoms with Crippen molar-refractivity contribution in [1.82, 2.24) is 4.90 Å². The van der Waals surface area contributed by atoms with Crippen LogP contribution in [0.2, 0.25) is 0 Å². The Labute approximate surface area is 112 Å². The van der Waals surface area contributed by atoms with Crippen LogP contribution in [0, 0.1) is 0 Å². The zero-order valence-electron chi connectivity index (χ0n) is 11.9. The molecule has 102 valence electrons. The molecule has 1 aliphatic carbocycles. The Bertz CT molecular complexity index is 200. The van der Waals surface area contributed by atoms with Gasteiger partial charge in [0.15, 0.2) is 0 Å². The summed E-state index contributed by atoms with van der Waals surface area (Å²) in [7, 11) is 2.31. The maximum atomic E-state index is 6.15. The third-order valence-corrected chi connectivity index (χ3v) is 5.26. The molecule has 0 saturated heterocycles. The summed E-state index contributed by atoms with van der Waals surface area (Å²) in [5, 5.41) is 0. The van der Waals surface area contributed by atoms with Crippen molar-refractivity contribution in [2.45, 2.75) is 63.5 Å². The van der Waals surface area contributed by atoms with Crippen molar-refractivity contribution < 1.29 is 0 Å². The van der Waals surface area contributed by atoms with E-state index in [1.807, 2.05) is 11.8 Å². The Morgan fingerprint density at radius 3 is 2.24 bits per heavy atom. The molecule has 1 unspecified atom stereocenters. The van der Waals surface area contributed by atoms with Crippen molar-refractivity contribution in [1.29, 1.82) is 0 Å². The maximum absolute atomic E-state index is 6.15. The summed E-state index contributed by atoms with van der Waals surface area (Å²) in [6, 6.07) is 0.687. The molecule has 3 heteroatoms. The topological polar surface area (TPSA) is 29.3 Å². The van der Waals surface area contributed by atoms with E-state index in [0.717, 1.165) is 6.54 Å². The fraction of sp³-hybridized carbons (Fsp3) is 1.00. The lowest BCUT2D eigenvalue weighted by molar-refractivity contribution is 0.0697. The van der Waals surface area contributed by atoms with Gasteiger partial charge in [0, 0.05) is 23.9 Å². The first-order chi connectivity index (χ1) is 8.20. The van der Waals surface area contributed by atoms with E-state index >= 15 is 0 Å². The Balaban J connectivity index is 2.74. The molecule has 0 aromatic carbocycles. The molecule has 1 rings (SSSR count). The van der Waals surface area contributed by atoms with Crippen LogP contribution in [0.3, 0.4) is 0 Å². The molecule has 0 amide bonds. The normalized spacial score (nSPS) is 22.4. The third-order valence-electron chi connectivity index (χ3n) is 4.54. The van der Waals surface area contributed by atoms with Crippen LogP contribution in [0.15, 0.2) is 0 Å². The Hall–Kier alpha value is 0.270. The largest absolute Gasteiger partial charge is 0.329 e. The molecule has 0 aromatic rings. The van der Waals surface area contributed by atoms with Gasteiger partial charge in [0.1, 0.15) is 0 Å². The van der Waals surface area contributed by atoms with Crippen LogP contribution in [0.25, 0.3) is 0 Å². The number of likely N-dealkylation sites (N-methyl/N-ethyl adjacent to an activating group) is 1. The number of hydrogen-bond acceptors (Lipinski definition) is 3. The lowest BCUT2D eigenvalue weighted by Crippen LogP contribution is -2.56. The van der Waals surface area contributed by atoms with Crippen LogP contribution < -0.4 is 5.73 Å². The number of thioether (sulfide) groups is 1. The average molecular weight is 258 g/mol. The molecule has 2 N–H and O–H groups in total. The van der Waals surface area contributed by atoms with E-state index in [1.54, 1.807) is 0 Å². The summed E-state index contributed by atoms with van der Waals surface area (Å²) >= 11 is 1.96. The van der Waals surface area contributed by atoms with Gasteiger partial charge in [0.2, 0.25) is 0 Å². The highest BCUT2D eigenvalue weighted by Crippen LogP contribution is 2.33. The Kier molecular flexibility index (Phi) is 6.90. The quantitative estimate of drug-likeness (QED) is 0.742. The van der Waals surface area contributed by atoms with Gasteiger partial charge in [-0.2, -0.15) is 11.8 Å². The van der Waals surface area contributed by atoms with Crippen LogP contribution in [-0.2, 0) is 0 Å². The number of nitrogens with zero attached hydrogens (tertiary/aromatic N) is 1. The van der Waals surface area contributed by atoms with Gasteiger partial charge >= 0.3 is 0 Å². The van der Waals surface area contributed by atoms with E-state index in [9.17, 15) is 0 Å². The van der Waals surface area contributed by atoms with E-state index in [1.165, 1.54) is 50.7 Å². The van der Waals surface area contributed by atoms with E-state index in [0.29, 0.717) is 6.04 Å². The fourth-order valence-corrected chi connectivity index (χ4v) is 4.01. The summed E-state index contributed by atoms with van der Waals surface area (Å²) in [4.78, 5) is 2.62. The van der Waals surface area contributed by atoms with Gasteiger partial charge < -0.3 is 5.73 Å². The smallest absolute Gasteiger partial charge is 0.0331 e. The van der Waals surface area contributed by atoms with Crippen molar-refractivity contribution in [3.63, 3.8) is 0 Å². The summed E-state index contributed by atoms with van der Waals surface area (Å²) in [5.41, 5.74) is 6.43. The molecule has 0 spiro atoms. The first kappa shape index (κ1) is 15.3. The van der Waals surface area contributed by atoms with Gasteiger partial charge in [-0.1, -0.05) is 32.6 Å². The van der Waals surface area contributed by atoms with Crippen molar-refractivity contribution in [3.8, 4) is 0 Å². The molecule has 17 heavy (non-hydrogen) atoms. The first-order valence-electron chi connectivity index (χ1n) is 7.12. The summed E-state index contributed by atoms with van der Waals surface area (Å²) in [6.07, 6.45) is 11.5. The minimum Gasteiger partial charge on any atom is -0.329 e. The summed E-state index contributed by atoms with van der Waals surface area (Å²) < 4.78 is 0. The lowest BCUT2D eigenvalue weighted by Gasteiger charge is -2.45. The molecule has 0 aliphatic heterocycles. The summed E-state index contributed by atoms with van der Waals surface area (Å²) in [5.74, 6) is 1.23. The molecular formula is C14H30N2S. The van der Waals surface area contributed by atoms with Crippen molar-refractivity contribution in [2.75, 3.05) is 25.6 Å². The van der Waals surface area contributed by atoms with Gasteiger partial charge in [0.25, 0.3) is 0 Å². The minimum absolute atomic E-state index is 0.285. The van der Waals surface area contributed by atoms with Crippen LogP contribution >= 0.6 is 11.8 Å². The standard InChI is InChI=1S/C14H30N2S/c1-4-13(11-17-3)16(2)14(12-15)9-7-5-6-8-10-14/h13H,4-12,15H2,1-3H3. The summed E-state index contributed by atoms with van der Waals surface area (Å²) in [6.45, 7) is 3.13. The monoisotopic (exact) mass is 258 g/mol. The highest BCUT2D eigenvalue weighted by Gasteiger charge is 2.36. The van der Waals surface area contributed by atoms with Gasteiger partial charge in [-0.25, -0.2) is 0 Å². The predicted molar refractivity (Wildman–Crippen MR) is 79.7 cm³/mol. The zero-order chi connectivity index (χ0) is 12.7. The Morgan fingerprint density at radius 1 is 1.24 bits per heavy atom. The van der Waals surface area contributed by atoms with Crippen LogP contribution in [0.5, 0.6) is 0 Å². The van der Waals surface area contributed by atoms with Gasteiger partial charge in [-0.3, -0.25) is 4.90 Å². The highest BCUT2D eigenvalue weighted by atomic mass is 32.2. The molecule has 2 nitrogen and oxygen atoms in total. The van der Waals surface area contributed by atoms with E-state index < -0.39 is 0 Å². The van der Waals surface area contributed by atoms with Crippen LogP contribution in [0.4, 0.5) is 0 Å².